The number of aliphatic carboxylic acids is 1. The summed E-state index contributed by atoms with van der Waals surface area (Å²) in [4.78, 5) is 15.2. The van der Waals surface area contributed by atoms with Gasteiger partial charge in [0.15, 0.2) is 0 Å². The van der Waals surface area contributed by atoms with Crippen molar-refractivity contribution in [1.82, 2.24) is 10.3 Å². The predicted molar refractivity (Wildman–Crippen MR) is 60.6 cm³/mol. The van der Waals surface area contributed by atoms with Crippen molar-refractivity contribution >= 4 is 17.6 Å². The zero-order valence-electron chi connectivity index (χ0n) is 8.74. The lowest BCUT2D eigenvalue weighted by molar-refractivity contribution is -0.144. The maximum atomic E-state index is 11.3. The molecule has 16 heavy (non-hydrogen) atoms. The monoisotopic (exact) mass is 240 g/mol. The molecule has 0 amide bonds. The van der Waals surface area contributed by atoms with Gasteiger partial charge in [-0.05, 0) is 37.1 Å². The first kappa shape index (κ1) is 11.4. The molecule has 0 spiro atoms. The summed E-state index contributed by atoms with van der Waals surface area (Å²) in [7, 11) is 0. The second-order valence-electron chi connectivity index (χ2n) is 4.08. The molecule has 1 aromatic heterocycles. The Morgan fingerprint density at radius 3 is 3.06 bits per heavy atom. The summed E-state index contributed by atoms with van der Waals surface area (Å²) in [5, 5.41) is 12.8. The van der Waals surface area contributed by atoms with E-state index in [0.29, 0.717) is 18.0 Å². The van der Waals surface area contributed by atoms with E-state index in [1.54, 1.807) is 18.3 Å². The maximum Gasteiger partial charge on any atom is 0.324 e. The molecule has 2 heterocycles. The fourth-order valence-electron chi connectivity index (χ4n) is 2.12. The second kappa shape index (κ2) is 4.39. The van der Waals surface area contributed by atoms with Gasteiger partial charge in [-0.1, -0.05) is 11.6 Å². The Bertz CT molecular complexity index is 403. The van der Waals surface area contributed by atoms with Gasteiger partial charge in [-0.25, -0.2) is 4.98 Å². The highest BCUT2D eigenvalue weighted by Gasteiger charge is 2.40. The lowest BCUT2D eigenvalue weighted by atomic mass is 9.90. The third-order valence-electron chi connectivity index (χ3n) is 2.95. The molecule has 86 valence electrons. The summed E-state index contributed by atoms with van der Waals surface area (Å²) in [6.07, 6.45) is 3.60. The molecule has 1 aromatic rings. The minimum Gasteiger partial charge on any atom is -0.480 e. The number of aromatic nitrogens is 1. The molecule has 1 aliphatic heterocycles. The van der Waals surface area contributed by atoms with E-state index in [9.17, 15) is 9.90 Å². The molecule has 1 aliphatic rings. The van der Waals surface area contributed by atoms with Gasteiger partial charge in [0, 0.05) is 12.6 Å². The van der Waals surface area contributed by atoms with Crippen LogP contribution in [-0.2, 0) is 11.2 Å². The van der Waals surface area contributed by atoms with Gasteiger partial charge in [0.25, 0.3) is 0 Å². The molecular formula is C11H13ClN2O2. The SMILES string of the molecule is O=C(O)C1(Cc2ccnc(Cl)c2)CCCN1. The highest BCUT2D eigenvalue weighted by molar-refractivity contribution is 6.29. The Morgan fingerprint density at radius 2 is 2.50 bits per heavy atom. The third kappa shape index (κ3) is 2.18. The average molecular weight is 241 g/mol. The number of nitrogens with one attached hydrogen (secondary N) is 1. The molecule has 0 saturated carbocycles. The number of halogens is 1. The summed E-state index contributed by atoms with van der Waals surface area (Å²) in [6, 6.07) is 3.52. The van der Waals surface area contributed by atoms with E-state index >= 15 is 0 Å². The zero-order chi connectivity index (χ0) is 11.6. The van der Waals surface area contributed by atoms with Gasteiger partial charge in [0.2, 0.25) is 0 Å². The van der Waals surface area contributed by atoms with Gasteiger partial charge in [0.1, 0.15) is 10.7 Å². The van der Waals surface area contributed by atoms with E-state index < -0.39 is 11.5 Å². The highest BCUT2D eigenvalue weighted by Crippen LogP contribution is 2.25. The smallest absolute Gasteiger partial charge is 0.324 e. The van der Waals surface area contributed by atoms with Gasteiger partial charge < -0.3 is 10.4 Å². The van der Waals surface area contributed by atoms with Gasteiger partial charge >= 0.3 is 5.97 Å². The fraction of sp³-hybridized carbons (Fsp3) is 0.455. The van der Waals surface area contributed by atoms with Crippen molar-refractivity contribution in [2.75, 3.05) is 6.54 Å². The molecule has 1 fully saturated rings. The summed E-state index contributed by atoms with van der Waals surface area (Å²) in [5.74, 6) is -0.794. The number of pyridine rings is 1. The molecule has 0 aromatic carbocycles. The van der Waals surface area contributed by atoms with E-state index in [2.05, 4.69) is 10.3 Å². The minimum absolute atomic E-state index is 0.399. The Balaban J connectivity index is 2.21. The van der Waals surface area contributed by atoms with Crippen LogP contribution >= 0.6 is 11.6 Å². The Morgan fingerprint density at radius 1 is 1.69 bits per heavy atom. The number of carboxylic acid groups (broad SMARTS) is 1. The number of carboxylic acids is 1. The van der Waals surface area contributed by atoms with Gasteiger partial charge in [-0.2, -0.15) is 0 Å². The average Bonchev–Trinajstić information content (AvgIpc) is 2.67. The maximum absolute atomic E-state index is 11.3. The van der Waals surface area contributed by atoms with Crippen LogP contribution in [0.4, 0.5) is 0 Å². The predicted octanol–water partition coefficient (Wildman–Crippen LogP) is 1.48. The molecule has 2 rings (SSSR count). The van der Waals surface area contributed by atoms with Crippen LogP contribution < -0.4 is 5.32 Å². The molecule has 4 nitrogen and oxygen atoms in total. The molecular weight excluding hydrogens is 228 g/mol. The molecule has 0 bridgehead atoms. The van der Waals surface area contributed by atoms with Crippen molar-refractivity contribution in [1.29, 1.82) is 0 Å². The van der Waals surface area contributed by atoms with E-state index in [1.807, 2.05) is 0 Å². The summed E-state index contributed by atoms with van der Waals surface area (Å²) in [6.45, 7) is 0.755. The molecule has 1 unspecified atom stereocenters. The van der Waals surface area contributed by atoms with Crippen molar-refractivity contribution in [3.63, 3.8) is 0 Å². The van der Waals surface area contributed by atoms with Crippen molar-refractivity contribution < 1.29 is 9.90 Å². The quantitative estimate of drug-likeness (QED) is 0.786. The minimum atomic E-state index is -0.829. The third-order valence-corrected chi connectivity index (χ3v) is 3.16. The zero-order valence-corrected chi connectivity index (χ0v) is 9.50. The summed E-state index contributed by atoms with van der Waals surface area (Å²) >= 11 is 5.78. The van der Waals surface area contributed by atoms with Crippen molar-refractivity contribution in [3.8, 4) is 0 Å². The van der Waals surface area contributed by atoms with Crippen molar-refractivity contribution in [2.24, 2.45) is 0 Å². The van der Waals surface area contributed by atoms with Crippen LogP contribution in [0, 0.1) is 0 Å². The van der Waals surface area contributed by atoms with Crippen molar-refractivity contribution in [3.05, 3.63) is 29.0 Å². The van der Waals surface area contributed by atoms with Gasteiger partial charge in [-0.15, -0.1) is 0 Å². The van der Waals surface area contributed by atoms with E-state index in [-0.39, 0.29) is 0 Å². The topological polar surface area (TPSA) is 62.2 Å². The Kier molecular flexibility index (Phi) is 3.12. The van der Waals surface area contributed by atoms with Crippen LogP contribution in [0.15, 0.2) is 18.3 Å². The van der Waals surface area contributed by atoms with E-state index in [1.165, 1.54) is 0 Å². The lowest BCUT2D eigenvalue weighted by Crippen LogP contribution is -2.49. The van der Waals surface area contributed by atoms with Crippen molar-refractivity contribution in [2.45, 2.75) is 24.8 Å². The number of carbonyl (C=O) groups is 1. The van der Waals surface area contributed by atoms with Gasteiger partial charge in [-0.3, -0.25) is 4.79 Å². The van der Waals surface area contributed by atoms with Crippen LogP contribution in [0.25, 0.3) is 0 Å². The fourth-order valence-corrected chi connectivity index (χ4v) is 2.31. The molecule has 5 heteroatoms. The van der Waals surface area contributed by atoms with E-state index in [4.69, 9.17) is 11.6 Å². The van der Waals surface area contributed by atoms with Crippen LogP contribution in [0.1, 0.15) is 18.4 Å². The second-order valence-corrected chi connectivity index (χ2v) is 4.47. The number of rotatable bonds is 3. The van der Waals surface area contributed by atoms with Crippen LogP contribution in [0.2, 0.25) is 5.15 Å². The molecule has 0 radical (unpaired) electrons. The van der Waals surface area contributed by atoms with E-state index in [0.717, 1.165) is 18.5 Å². The lowest BCUT2D eigenvalue weighted by Gasteiger charge is -2.24. The standard InChI is InChI=1S/C11H13ClN2O2/c12-9-6-8(2-5-13-9)7-11(10(15)16)3-1-4-14-11/h2,5-6,14H,1,3-4,7H2,(H,15,16). The first-order valence-corrected chi connectivity index (χ1v) is 5.59. The van der Waals surface area contributed by atoms with Crippen LogP contribution in [0.3, 0.4) is 0 Å². The number of hydrogen-bond donors (Lipinski definition) is 2. The Hall–Kier alpha value is -1.13. The van der Waals surface area contributed by atoms with Crippen LogP contribution in [-0.4, -0.2) is 28.1 Å². The van der Waals surface area contributed by atoms with Crippen LogP contribution in [0.5, 0.6) is 0 Å². The first-order chi connectivity index (χ1) is 7.62. The summed E-state index contributed by atoms with van der Waals surface area (Å²) in [5.41, 5.74) is 0.0711. The molecule has 1 saturated heterocycles. The first-order valence-electron chi connectivity index (χ1n) is 5.21. The summed E-state index contributed by atoms with van der Waals surface area (Å²) < 4.78 is 0. The largest absolute Gasteiger partial charge is 0.480 e. The molecule has 2 N–H and O–H groups in total. The Labute approximate surface area is 98.6 Å². The normalized spacial score (nSPS) is 24.6. The molecule has 0 aliphatic carbocycles. The number of hydrogen-bond acceptors (Lipinski definition) is 3. The number of nitrogens with zero attached hydrogens (tertiary/aromatic N) is 1. The highest BCUT2D eigenvalue weighted by atomic mass is 35.5. The van der Waals surface area contributed by atoms with Gasteiger partial charge in [0.05, 0.1) is 0 Å². The molecule has 1 atom stereocenters.